The van der Waals surface area contributed by atoms with Crippen LogP contribution < -0.4 is 4.57 Å². The molecule has 24 heavy (non-hydrogen) atoms. The topological polar surface area (TPSA) is 21.4 Å². The second-order valence-corrected chi connectivity index (χ2v) is 6.16. The lowest BCUT2D eigenvalue weighted by atomic mass is 9.94. The number of aromatic nitrogens is 1. The molecule has 0 amide bonds. The number of aryl methyl sites for hydroxylation is 3. The number of fused-ring (bicyclic) bond motifs is 3. The number of benzene rings is 2. The Kier molecular flexibility index (Phi) is 3.14. The predicted molar refractivity (Wildman–Crippen MR) is 96.1 cm³/mol. The molecule has 0 atom stereocenters. The van der Waals surface area contributed by atoms with Crippen molar-refractivity contribution in [2.45, 2.75) is 13.8 Å². The summed E-state index contributed by atoms with van der Waals surface area (Å²) in [6.45, 7) is 11.5. The van der Waals surface area contributed by atoms with Crippen molar-refractivity contribution in [1.29, 1.82) is 0 Å². The van der Waals surface area contributed by atoms with Crippen LogP contribution in [0.3, 0.4) is 0 Å². The molecule has 0 aliphatic carbocycles. The van der Waals surface area contributed by atoms with Crippen molar-refractivity contribution in [3.63, 3.8) is 0 Å². The summed E-state index contributed by atoms with van der Waals surface area (Å²) in [5, 5.41) is 2.11. The molecule has 0 fully saturated rings. The van der Waals surface area contributed by atoms with Gasteiger partial charge < -0.3 is 4.42 Å². The van der Waals surface area contributed by atoms with Crippen molar-refractivity contribution in [3.05, 3.63) is 71.2 Å². The fourth-order valence-corrected chi connectivity index (χ4v) is 3.53. The summed E-state index contributed by atoms with van der Waals surface area (Å²) >= 11 is 0. The van der Waals surface area contributed by atoms with Gasteiger partial charge in [0.2, 0.25) is 5.69 Å². The van der Waals surface area contributed by atoms with Crippen LogP contribution in [-0.4, -0.2) is 0 Å². The molecule has 0 spiro atoms. The van der Waals surface area contributed by atoms with Crippen LogP contribution in [0.4, 0.5) is 5.69 Å². The van der Waals surface area contributed by atoms with Crippen molar-refractivity contribution < 1.29 is 8.98 Å². The van der Waals surface area contributed by atoms with Crippen molar-refractivity contribution >= 4 is 27.6 Å². The number of nitrogens with zero attached hydrogens (tertiary/aromatic N) is 2. The molecule has 2 aromatic carbocycles. The quantitative estimate of drug-likeness (QED) is 0.347. The van der Waals surface area contributed by atoms with Crippen LogP contribution in [0, 0.1) is 20.4 Å². The van der Waals surface area contributed by atoms with E-state index in [9.17, 15) is 0 Å². The van der Waals surface area contributed by atoms with Crippen LogP contribution in [0.5, 0.6) is 0 Å². The van der Waals surface area contributed by atoms with Gasteiger partial charge in [-0.1, -0.05) is 6.07 Å². The maximum atomic E-state index is 7.26. The predicted octanol–water partition coefficient (Wildman–Crippen LogP) is 5.25. The number of rotatable bonds is 1. The fourth-order valence-electron chi connectivity index (χ4n) is 3.53. The first-order chi connectivity index (χ1) is 11.6. The first kappa shape index (κ1) is 14.5. The zero-order valence-electron chi connectivity index (χ0n) is 13.9. The van der Waals surface area contributed by atoms with Gasteiger partial charge in [0.1, 0.15) is 18.2 Å². The first-order valence-corrected chi connectivity index (χ1v) is 7.89. The largest absolute Gasteiger partial charge is 0.456 e. The molecule has 0 unspecified atom stereocenters. The van der Waals surface area contributed by atoms with Gasteiger partial charge >= 0.3 is 0 Å². The first-order valence-electron chi connectivity index (χ1n) is 7.89. The summed E-state index contributed by atoms with van der Waals surface area (Å²) in [6, 6.07) is 13.9. The van der Waals surface area contributed by atoms with Gasteiger partial charge in [0.05, 0.1) is 12.1 Å². The highest BCUT2D eigenvalue weighted by Gasteiger charge is 2.20. The highest BCUT2D eigenvalue weighted by molar-refractivity contribution is 6.09. The summed E-state index contributed by atoms with van der Waals surface area (Å²) < 4.78 is 8.16. The molecule has 2 aromatic heterocycles. The van der Waals surface area contributed by atoms with E-state index >= 15 is 0 Å². The fraction of sp³-hybridized carbons (Fsp3) is 0.143. The third-order valence-corrected chi connectivity index (χ3v) is 4.63. The Labute approximate surface area is 140 Å². The molecule has 4 rings (SSSR count). The van der Waals surface area contributed by atoms with Crippen LogP contribution in [0.2, 0.25) is 0 Å². The molecule has 0 aliphatic heterocycles. The van der Waals surface area contributed by atoms with Crippen LogP contribution in [-0.2, 0) is 7.05 Å². The molecular weight excluding hydrogens is 296 g/mol. The molecule has 0 saturated heterocycles. The standard InChI is InChI=1S/C21H17N2O/c1-13-11-19-21(16-12-15(22-3)8-9-18(16)24-19)14(2)20(13)17-7-5-6-10-23(17)4/h5-12H,1-2,4H3/q+1. The summed E-state index contributed by atoms with van der Waals surface area (Å²) in [6.07, 6.45) is 2.06. The van der Waals surface area contributed by atoms with E-state index in [2.05, 4.69) is 54.7 Å². The zero-order valence-corrected chi connectivity index (χ0v) is 13.9. The van der Waals surface area contributed by atoms with Crippen molar-refractivity contribution in [3.8, 4) is 11.3 Å². The van der Waals surface area contributed by atoms with Crippen molar-refractivity contribution in [2.24, 2.45) is 7.05 Å². The average Bonchev–Trinajstić information content (AvgIpc) is 2.93. The highest BCUT2D eigenvalue weighted by atomic mass is 16.3. The smallest absolute Gasteiger partial charge is 0.212 e. The summed E-state index contributed by atoms with van der Waals surface area (Å²) in [4.78, 5) is 3.55. The Bertz CT molecular complexity index is 1150. The minimum Gasteiger partial charge on any atom is -0.456 e. The average molecular weight is 313 g/mol. The minimum absolute atomic E-state index is 0.636. The maximum Gasteiger partial charge on any atom is 0.212 e. The van der Waals surface area contributed by atoms with Crippen molar-refractivity contribution in [1.82, 2.24) is 0 Å². The van der Waals surface area contributed by atoms with Gasteiger partial charge in [-0.15, -0.1) is 0 Å². The molecule has 0 aliphatic rings. The number of hydrogen-bond acceptors (Lipinski definition) is 1. The van der Waals surface area contributed by atoms with Gasteiger partial charge in [0, 0.05) is 22.9 Å². The van der Waals surface area contributed by atoms with E-state index in [1.807, 2.05) is 18.2 Å². The van der Waals surface area contributed by atoms with Crippen LogP contribution >= 0.6 is 0 Å². The van der Waals surface area contributed by atoms with Gasteiger partial charge in [-0.05, 0) is 49.2 Å². The Morgan fingerprint density at radius 1 is 1.04 bits per heavy atom. The lowest BCUT2D eigenvalue weighted by Crippen LogP contribution is -2.30. The molecule has 3 heteroatoms. The molecule has 0 bridgehead atoms. The normalized spacial score (nSPS) is 11.1. The van der Waals surface area contributed by atoms with E-state index in [1.165, 1.54) is 22.4 Å². The minimum atomic E-state index is 0.636. The van der Waals surface area contributed by atoms with Crippen LogP contribution in [0.1, 0.15) is 11.1 Å². The van der Waals surface area contributed by atoms with Gasteiger partial charge in [-0.2, -0.15) is 0 Å². The Morgan fingerprint density at radius 3 is 2.62 bits per heavy atom. The number of furan rings is 1. The molecular formula is C21H17N2O+. The second-order valence-electron chi connectivity index (χ2n) is 6.16. The van der Waals surface area contributed by atoms with Gasteiger partial charge in [0.25, 0.3) is 0 Å². The molecule has 4 aromatic rings. The SMILES string of the molecule is [C-]#[N+]c1ccc2oc3cc(C)c(-c4cccc[n+]4C)c(C)c3c2c1. The summed E-state index contributed by atoms with van der Waals surface area (Å²) in [7, 11) is 2.06. The Balaban J connectivity index is 2.15. The van der Waals surface area contributed by atoms with E-state index in [4.69, 9.17) is 11.0 Å². The molecule has 0 N–H and O–H groups in total. The number of pyridine rings is 1. The van der Waals surface area contributed by atoms with E-state index in [0.29, 0.717) is 5.69 Å². The lowest BCUT2D eigenvalue weighted by Gasteiger charge is -2.09. The zero-order chi connectivity index (χ0) is 16.8. The van der Waals surface area contributed by atoms with E-state index in [0.717, 1.165) is 21.9 Å². The van der Waals surface area contributed by atoms with Gasteiger partial charge in [0.15, 0.2) is 11.9 Å². The van der Waals surface area contributed by atoms with Gasteiger partial charge in [-0.3, -0.25) is 0 Å². The van der Waals surface area contributed by atoms with Gasteiger partial charge in [-0.25, -0.2) is 9.41 Å². The Morgan fingerprint density at radius 2 is 1.88 bits per heavy atom. The van der Waals surface area contributed by atoms with Crippen molar-refractivity contribution in [2.75, 3.05) is 0 Å². The highest BCUT2D eigenvalue weighted by Crippen LogP contribution is 2.38. The third-order valence-electron chi connectivity index (χ3n) is 4.63. The summed E-state index contributed by atoms with van der Waals surface area (Å²) in [5.41, 5.74) is 7.11. The van der Waals surface area contributed by atoms with Crippen LogP contribution in [0.25, 0.3) is 38.0 Å². The maximum absolute atomic E-state index is 7.26. The molecule has 3 nitrogen and oxygen atoms in total. The van der Waals surface area contributed by atoms with E-state index in [1.54, 1.807) is 6.07 Å². The second kappa shape index (κ2) is 5.21. The van der Waals surface area contributed by atoms with E-state index in [-0.39, 0.29) is 0 Å². The number of hydrogen-bond donors (Lipinski definition) is 0. The molecule has 2 heterocycles. The van der Waals surface area contributed by atoms with Crippen LogP contribution in [0.15, 0.2) is 53.1 Å². The lowest BCUT2D eigenvalue weighted by molar-refractivity contribution is -0.660. The molecule has 0 radical (unpaired) electrons. The molecule has 116 valence electrons. The molecule has 0 saturated carbocycles. The summed E-state index contributed by atoms with van der Waals surface area (Å²) in [5.74, 6) is 0. The van der Waals surface area contributed by atoms with E-state index < -0.39 is 0 Å². The monoisotopic (exact) mass is 313 g/mol. The Hall–Kier alpha value is -3.12. The third kappa shape index (κ3) is 2.00.